The van der Waals surface area contributed by atoms with E-state index in [4.69, 9.17) is 10.8 Å². The second kappa shape index (κ2) is 3.71. The van der Waals surface area contributed by atoms with Gasteiger partial charge in [-0.1, -0.05) is 6.92 Å². The van der Waals surface area contributed by atoms with E-state index in [-0.39, 0.29) is 12.6 Å². The molecule has 0 radical (unpaired) electrons. The summed E-state index contributed by atoms with van der Waals surface area (Å²) in [6, 6.07) is -0.363. The number of aliphatic hydroxyl groups excluding tert-OH is 1. The third kappa shape index (κ3) is 1.44. The van der Waals surface area contributed by atoms with E-state index in [1.54, 1.807) is 0 Å². The van der Waals surface area contributed by atoms with E-state index in [0.717, 1.165) is 18.7 Å². The number of rotatable bonds is 3. The molecule has 0 aromatic carbocycles. The quantitative estimate of drug-likeness (QED) is 0.669. The third-order valence-electron chi connectivity index (χ3n) is 3.00. The molecule has 14 heavy (non-hydrogen) atoms. The lowest BCUT2D eigenvalue weighted by molar-refractivity contribution is 0.263. The SMILES string of the molecule is CCC1CCc2[nH]c(C(N)CO)nc21. The van der Waals surface area contributed by atoms with Crippen LogP contribution in [0.25, 0.3) is 0 Å². The van der Waals surface area contributed by atoms with Crippen LogP contribution in [0.2, 0.25) is 0 Å². The van der Waals surface area contributed by atoms with E-state index < -0.39 is 0 Å². The van der Waals surface area contributed by atoms with Crippen molar-refractivity contribution >= 4 is 0 Å². The Kier molecular flexibility index (Phi) is 2.56. The highest BCUT2D eigenvalue weighted by Crippen LogP contribution is 2.33. The fraction of sp³-hybridized carbons (Fsp3) is 0.700. The summed E-state index contributed by atoms with van der Waals surface area (Å²) in [5.74, 6) is 1.32. The minimum atomic E-state index is -0.363. The molecule has 1 aliphatic rings. The largest absolute Gasteiger partial charge is 0.394 e. The molecule has 0 bridgehead atoms. The predicted octanol–water partition coefficient (Wildman–Crippen LogP) is 0.842. The number of hydrogen-bond acceptors (Lipinski definition) is 3. The second-order valence-corrected chi connectivity index (χ2v) is 3.92. The van der Waals surface area contributed by atoms with Crippen LogP contribution in [0.1, 0.15) is 48.9 Å². The molecule has 4 nitrogen and oxygen atoms in total. The maximum Gasteiger partial charge on any atom is 0.125 e. The van der Waals surface area contributed by atoms with Gasteiger partial charge in [-0.3, -0.25) is 0 Å². The van der Waals surface area contributed by atoms with Crippen LogP contribution >= 0.6 is 0 Å². The Hall–Kier alpha value is -0.870. The van der Waals surface area contributed by atoms with Gasteiger partial charge in [0.1, 0.15) is 5.82 Å². The number of H-pyrrole nitrogens is 1. The van der Waals surface area contributed by atoms with Gasteiger partial charge in [0.25, 0.3) is 0 Å². The zero-order valence-electron chi connectivity index (χ0n) is 8.45. The third-order valence-corrected chi connectivity index (χ3v) is 3.00. The van der Waals surface area contributed by atoms with Gasteiger partial charge in [-0.05, 0) is 19.3 Å². The molecule has 1 aliphatic carbocycles. The van der Waals surface area contributed by atoms with Crippen molar-refractivity contribution in [2.24, 2.45) is 5.73 Å². The molecule has 0 aliphatic heterocycles. The Bertz CT molecular complexity index is 321. The van der Waals surface area contributed by atoms with Crippen LogP contribution in [0, 0.1) is 0 Å². The van der Waals surface area contributed by atoms with Crippen molar-refractivity contribution in [3.63, 3.8) is 0 Å². The Morgan fingerprint density at radius 3 is 3.14 bits per heavy atom. The molecule has 0 spiro atoms. The van der Waals surface area contributed by atoms with Crippen molar-refractivity contribution in [1.29, 1.82) is 0 Å². The Morgan fingerprint density at radius 1 is 1.71 bits per heavy atom. The predicted molar refractivity (Wildman–Crippen MR) is 54.0 cm³/mol. The van der Waals surface area contributed by atoms with Crippen molar-refractivity contribution in [3.8, 4) is 0 Å². The first-order valence-electron chi connectivity index (χ1n) is 5.21. The minimum absolute atomic E-state index is 0.0524. The molecule has 2 unspecified atom stereocenters. The molecule has 2 rings (SSSR count). The highest BCUT2D eigenvalue weighted by Gasteiger charge is 2.26. The van der Waals surface area contributed by atoms with E-state index in [1.807, 2.05) is 0 Å². The molecule has 0 saturated heterocycles. The fourth-order valence-electron chi connectivity index (χ4n) is 2.09. The molecule has 0 saturated carbocycles. The van der Waals surface area contributed by atoms with Crippen molar-refractivity contribution in [2.75, 3.05) is 6.61 Å². The molecule has 1 aromatic rings. The summed E-state index contributed by atoms with van der Waals surface area (Å²) in [4.78, 5) is 7.69. The van der Waals surface area contributed by atoms with Gasteiger partial charge in [0.15, 0.2) is 0 Å². The standard InChI is InChI=1S/C10H17N3O/c1-2-6-3-4-8-9(6)13-10(12-8)7(11)5-14/h6-7,14H,2-5,11H2,1H3,(H,12,13). The topological polar surface area (TPSA) is 74.9 Å². The van der Waals surface area contributed by atoms with E-state index >= 15 is 0 Å². The van der Waals surface area contributed by atoms with Crippen molar-refractivity contribution in [2.45, 2.75) is 38.1 Å². The molecule has 1 aromatic heterocycles. The van der Waals surface area contributed by atoms with E-state index in [2.05, 4.69) is 16.9 Å². The minimum Gasteiger partial charge on any atom is -0.394 e. The number of aryl methyl sites for hydroxylation is 1. The zero-order valence-corrected chi connectivity index (χ0v) is 8.45. The van der Waals surface area contributed by atoms with Crippen LogP contribution in [-0.4, -0.2) is 21.7 Å². The van der Waals surface area contributed by atoms with Crippen LogP contribution < -0.4 is 5.73 Å². The molecule has 2 atom stereocenters. The summed E-state index contributed by atoms with van der Waals surface area (Å²) in [7, 11) is 0. The van der Waals surface area contributed by atoms with Crippen LogP contribution in [-0.2, 0) is 6.42 Å². The average Bonchev–Trinajstić information content (AvgIpc) is 2.74. The molecule has 0 amide bonds. The number of nitrogens with two attached hydrogens (primary N) is 1. The Labute approximate surface area is 83.5 Å². The number of nitrogens with zero attached hydrogens (tertiary/aromatic N) is 1. The van der Waals surface area contributed by atoms with Crippen LogP contribution in [0.4, 0.5) is 0 Å². The monoisotopic (exact) mass is 195 g/mol. The van der Waals surface area contributed by atoms with Gasteiger partial charge in [0.2, 0.25) is 0 Å². The summed E-state index contributed by atoms with van der Waals surface area (Å²) in [6.45, 7) is 2.13. The zero-order chi connectivity index (χ0) is 10.1. The van der Waals surface area contributed by atoms with Crippen LogP contribution in [0.5, 0.6) is 0 Å². The van der Waals surface area contributed by atoms with Crippen molar-refractivity contribution in [3.05, 3.63) is 17.2 Å². The molecule has 4 heteroatoms. The van der Waals surface area contributed by atoms with Gasteiger partial charge in [-0.15, -0.1) is 0 Å². The first kappa shape index (κ1) is 9.68. The van der Waals surface area contributed by atoms with Crippen LogP contribution in [0.15, 0.2) is 0 Å². The summed E-state index contributed by atoms with van der Waals surface area (Å²) < 4.78 is 0. The Morgan fingerprint density at radius 2 is 2.50 bits per heavy atom. The van der Waals surface area contributed by atoms with E-state index in [0.29, 0.717) is 5.92 Å². The molecule has 4 N–H and O–H groups in total. The van der Waals surface area contributed by atoms with E-state index in [9.17, 15) is 0 Å². The number of aromatic nitrogens is 2. The molecule has 78 valence electrons. The lowest BCUT2D eigenvalue weighted by atomic mass is 10.1. The summed E-state index contributed by atoms with van der Waals surface area (Å²) >= 11 is 0. The van der Waals surface area contributed by atoms with Gasteiger partial charge in [-0.2, -0.15) is 0 Å². The van der Waals surface area contributed by atoms with Gasteiger partial charge in [-0.25, -0.2) is 4.98 Å². The van der Waals surface area contributed by atoms with Crippen molar-refractivity contribution in [1.82, 2.24) is 9.97 Å². The van der Waals surface area contributed by atoms with Crippen molar-refractivity contribution < 1.29 is 5.11 Å². The maximum absolute atomic E-state index is 8.92. The van der Waals surface area contributed by atoms with Gasteiger partial charge < -0.3 is 15.8 Å². The molecular weight excluding hydrogens is 178 g/mol. The van der Waals surface area contributed by atoms with Gasteiger partial charge >= 0.3 is 0 Å². The highest BCUT2D eigenvalue weighted by atomic mass is 16.3. The van der Waals surface area contributed by atoms with E-state index in [1.165, 1.54) is 17.8 Å². The molecular formula is C10H17N3O. The highest BCUT2D eigenvalue weighted by molar-refractivity contribution is 5.25. The summed E-state index contributed by atoms with van der Waals surface area (Å²) in [6.07, 6.45) is 3.39. The average molecular weight is 195 g/mol. The lowest BCUT2D eigenvalue weighted by Crippen LogP contribution is -2.16. The van der Waals surface area contributed by atoms with Gasteiger partial charge in [0, 0.05) is 11.6 Å². The number of nitrogens with one attached hydrogen (secondary N) is 1. The number of fused-ring (bicyclic) bond motifs is 1. The second-order valence-electron chi connectivity index (χ2n) is 3.92. The fourth-order valence-corrected chi connectivity index (χ4v) is 2.09. The first-order valence-corrected chi connectivity index (χ1v) is 5.21. The van der Waals surface area contributed by atoms with Gasteiger partial charge in [0.05, 0.1) is 18.3 Å². The Balaban J connectivity index is 2.25. The maximum atomic E-state index is 8.92. The van der Waals surface area contributed by atoms with Crippen LogP contribution in [0.3, 0.4) is 0 Å². The number of imidazole rings is 1. The number of aromatic amines is 1. The normalized spacial score (nSPS) is 22.4. The summed E-state index contributed by atoms with van der Waals surface area (Å²) in [5, 5.41) is 8.92. The first-order chi connectivity index (χ1) is 6.76. The number of hydrogen-bond donors (Lipinski definition) is 3. The lowest BCUT2D eigenvalue weighted by Gasteiger charge is -2.06. The smallest absolute Gasteiger partial charge is 0.125 e. The number of aliphatic hydroxyl groups is 1. The summed E-state index contributed by atoms with van der Waals surface area (Å²) in [5.41, 5.74) is 8.09. The molecule has 0 fully saturated rings. The molecule has 1 heterocycles.